The highest BCUT2D eigenvalue weighted by Gasteiger charge is 2.43. The Labute approximate surface area is 84.0 Å². The second-order valence-electron chi connectivity index (χ2n) is 3.66. The lowest BCUT2D eigenvalue weighted by molar-refractivity contribution is -0.0432. The Morgan fingerprint density at radius 1 is 1.57 bits per heavy atom. The zero-order valence-corrected chi connectivity index (χ0v) is 9.17. The molecule has 0 aromatic heterocycles. The summed E-state index contributed by atoms with van der Waals surface area (Å²) in [4.78, 5) is 0. The van der Waals surface area contributed by atoms with Crippen LogP contribution in [-0.4, -0.2) is 56.8 Å². The molecule has 0 amide bonds. The van der Waals surface area contributed by atoms with Gasteiger partial charge in [-0.3, -0.25) is 0 Å². The van der Waals surface area contributed by atoms with E-state index < -0.39 is 15.8 Å². The summed E-state index contributed by atoms with van der Waals surface area (Å²) in [5.41, 5.74) is -0.879. The lowest BCUT2D eigenvalue weighted by atomic mass is 10.0. The second kappa shape index (κ2) is 4.11. The molecule has 1 aliphatic rings. The number of rotatable bonds is 5. The molecule has 0 aromatic carbocycles. The number of nitrogens with one attached hydrogen (secondary N) is 1. The van der Waals surface area contributed by atoms with E-state index in [2.05, 4.69) is 4.72 Å². The predicted molar refractivity (Wildman–Crippen MR) is 51.0 cm³/mol. The zero-order chi connectivity index (χ0) is 10.8. The van der Waals surface area contributed by atoms with Gasteiger partial charge in [-0.05, 0) is 6.92 Å². The van der Waals surface area contributed by atoms with E-state index in [1.807, 2.05) is 0 Å². The summed E-state index contributed by atoms with van der Waals surface area (Å²) in [6.07, 6.45) is 0. The SMILES string of the molecule is COCCNS(=O)(=O)N1CC(C)(O)C1. The third-order valence-corrected chi connectivity index (χ3v) is 3.47. The van der Waals surface area contributed by atoms with Crippen LogP contribution in [0.15, 0.2) is 0 Å². The summed E-state index contributed by atoms with van der Waals surface area (Å²) in [7, 11) is -1.92. The van der Waals surface area contributed by atoms with Gasteiger partial charge in [0.25, 0.3) is 10.2 Å². The fourth-order valence-electron chi connectivity index (χ4n) is 1.25. The molecule has 0 aliphatic carbocycles. The van der Waals surface area contributed by atoms with Gasteiger partial charge in [0.1, 0.15) is 0 Å². The number of hydrogen-bond donors (Lipinski definition) is 2. The average Bonchev–Trinajstić information content (AvgIpc) is 2.00. The number of ether oxygens (including phenoxy) is 1. The van der Waals surface area contributed by atoms with Crippen molar-refractivity contribution in [3.05, 3.63) is 0 Å². The summed E-state index contributed by atoms with van der Waals surface area (Å²) < 4.78 is 31.1. The van der Waals surface area contributed by atoms with Gasteiger partial charge in [0, 0.05) is 26.7 Å². The van der Waals surface area contributed by atoms with Crippen molar-refractivity contribution in [2.75, 3.05) is 33.4 Å². The highest BCUT2D eigenvalue weighted by Crippen LogP contribution is 2.21. The van der Waals surface area contributed by atoms with Gasteiger partial charge < -0.3 is 9.84 Å². The highest BCUT2D eigenvalue weighted by molar-refractivity contribution is 7.87. The van der Waals surface area contributed by atoms with Crippen LogP contribution in [0.1, 0.15) is 6.92 Å². The predicted octanol–water partition coefficient (Wildman–Crippen LogP) is -1.47. The summed E-state index contributed by atoms with van der Waals surface area (Å²) >= 11 is 0. The molecule has 0 unspecified atom stereocenters. The topological polar surface area (TPSA) is 78.9 Å². The minimum Gasteiger partial charge on any atom is -0.387 e. The number of β-amino-alcohol motifs (C(OH)–C–C–N with tert-alkyl or cyclic N) is 1. The number of aliphatic hydroxyl groups is 1. The molecule has 0 radical (unpaired) electrons. The van der Waals surface area contributed by atoms with Crippen LogP contribution >= 0.6 is 0 Å². The zero-order valence-electron chi connectivity index (χ0n) is 8.36. The van der Waals surface area contributed by atoms with Crippen LogP contribution < -0.4 is 4.72 Å². The molecule has 1 heterocycles. The first kappa shape index (κ1) is 11.9. The van der Waals surface area contributed by atoms with Crippen molar-refractivity contribution in [2.45, 2.75) is 12.5 Å². The molecule has 14 heavy (non-hydrogen) atoms. The monoisotopic (exact) mass is 224 g/mol. The van der Waals surface area contributed by atoms with Crippen LogP contribution in [0.25, 0.3) is 0 Å². The van der Waals surface area contributed by atoms with Crippen molar-refractivity contribution in [2.24, 2.45) is 0 Å². The van der Waals surface area contributed by atoms with E-state index in [4.69, 9.17) is 4.74 Å². The van der Waals surface area contributed by atoms with E-state index in [0.29, 0.717) is 6.61 Å². The lowest BCUT2D eigenvalue weighted by Gasteiger charge is -2.42. The van der Waals surface area contributed by atoms with Crippen molar-refractivity contribution < 1.29 is 18.3 Å². The molecule has 7 heteroatoms. The summed E-state index contributed by atoms with van der Waals surface area (Å²) in [5.74, 6) is 0. The number of hydrogen-bond acceptors (Lipinski definition) is 4. The molecule has 0 spiro atoms. The summed E-state index contributed by atoms with van der Waals surface area (Å²) in [5, 5.41) is 9.36. The first-order chi connectivity index (χ1) is 6.37. The first-order valence-corrected chi connectivity index (χ1v) is 5.77. The van der Waals surface area contributed by atoms with Crippen molar-refractivity contribution >= 4 is 10.2 Å². The van der Waals surface area contributed by atoms with Gasteiger partial charge in [-0.15, -0.1) is 0 Å². The average molecular weight is 224 g/mol. The van der Waals surface area contributed by atoms with E-state index >= 15 is 0 Å². The minimum absolute atomic E-state index is 0.148. The smallest absolute Gasteiger partial charge is 0.279 e. The quantitative estimate of drug-likeness (QED) is 0.559. The van der Waals surface area contributed by atoms with Gasteiger partial charge in [0.2, 0.25) is 0 Å². The normalized spacial score (nSPS) is 21.9. The van der Waals surface area contributed by atoms with Crippen LogP contribution in [0, 0.1) is 0 Å². The summed E-state index contributed by atoms with van der Waals surface area (Å²) in [6.45, 7) is 2.49. The highest BCUT2D eigenvalue weighted by atomic mass is 32.2. The molecule has 0 bridgehead atoms. The van der Waals surface area contributed by atoms with Crippen LogP contribution in [0.5, 0.6) is 0 Å². The van der Waals surface area contributed by atoms with Crippen LogP contribution in [0.3, 0.4) is 0 Å². The van der Waals surface area contributed by atoms with Gasteiger partial charge in [-0.1, -0.05) is 0 Å². The van der Waals surface area contributed by atoms with Crippen LogP contribution in [0.4, 0.5) is 0 Å². The third-order valence-electron chi connectivity index (χ3n) is 1.96. The Bertz CT molecular complexity index is 280. The third kappa shape index (κ3) is 2.89. The fraction of sp³-hybridized carbons (Fsp3) is 1.00. The number of methoxy groups -OCH3 is 1. The van der Waals surface area contributed by atoms with Crippen molar-refractivity contribution in [1.29, 1.82) is 0 Å². The largest absolute Gasteiger partial charge is 0.387 e. The molecule has 1 aliphatic heterocycles. The standard InChI is InChI=1S/C7H16N2O4S/c1-7(10)5-9(6-7)14(11,12)8-3-4-13-2/h8,10H,3-6H2,1-2H3. The molecule has 1 rings (SSSR count). The van der Waals surface area contributed by atoms with Gasteiger partial charge in [-0.25, -0.2) is 0 Å². The molecule has 2 N–H and O–H groups in total. The number of nitrogens with zero attached hydrogens (tertiary/aromatic N) is 1. The van der Waals surface area contributed by atoms with Crippen LogP contribution in [0.2, 0.25) is 0 Å². The van der Waals surface area contributed by atoms with Crippen molar-refractivity contribution in [3.63, 3.8) is 0 Å². The first-order valence-electron chi connectivity index (χ1n) is 4.33. The maximum absolute atomic E-state index is 11.4. The van der Waals surface area contributed by atoms with E-state index in [0.717, 1.165) is 0 Å². The molecule has 84 valence electrons. The Morgan fingerprint density at radius 2 is 2.14 bits per heavy atom. The van der Waals surface area contributed by atoms with E-state index in [1.54, 1.807) is 6.92 Å². The van der Waals surface area contributed by atoms with Gasteiger partial charge in [0.15, 0.2) is 0 Å². The second-order valence-corrected chi connectivity index (χ2v) is 5.41. The molecule has 0 aromatic rings. The maximum Gasteiger partial charge on any atom is 0.279 e. The van der Waals surface area contributed by atoms with E-state index in [9.17, 15) is 13.5 Å². The lowest BCUT2D eigenvalue weighted by Crippen LogP contribution is -2.63. The molecule has 6 nitrogen and oxygen atoms in total. The van der Waals surface area contributed by atoms with E-state index in [1.165, 1.54) is 11.4 Å². The van der Waals surface area contributed by atoms with Gasteiger partial charge >= 0.3 is 0 Å². The fourth-order valence-corrected chi connectivity index (χ4v) is 2.67. The minimum atomic E-state index is -3.42. The van der Waals surface area contributed by atoms with Crippen LogP contribution in [-0.2, 0) is 14.9 Å². The maximum atomic E-state index is 11.4. The molecule has 1 fully saturated rings. The molecule has 0 saturated carbocycles. The molecular weight excluding hydrogens is 208 g/mol. The van der Waals surface area contributed by atoms with Crippen molar-refractivity contribution in [1.82, 2.24) is 9.03 Å². The Kier molecular flexibility index (Phi) is 3.49. The molecular formula is C7H16N2O4S. The summed E-state index contributed by atoms with van der Waals surface area (Å²) in [6, 6.07) is 0. The van der Waals surface area contributed by atoms with Gasteiger partial charge in [0.05, 0.1) is 12.2 Å². The van der Waals surface area contributed by atoms with E-state index in [-0.39, 0.29) is 19.6 Å². The van der Waals surface area contributed by atoms with Crippen molar-refractivity contribution in [3.8, 4) is 0 Å². The molecule has 0 atom stereocenters. The van der Waals surface area contributed by atoms with Gasteiger partial charge in [-0.2, -0.15) is 17.4 Å². The Balaban J connectivity index is 2.36. The Hall–Kier alpha value is -0.210. The molecule has 1 saturated heterocycles. The Morgan fingerprint density at radius 3 is 2.57 bits per heavy atom.